The van der Waals surface area contributed by atoms with E-state index in [1.165, 1.54) is 29.1 Å². The number of rotatable bonds is 15. The molecule has 0 unspecified atom stereocenters. The highest BCUT2D eigenvalue weighted by Crippen LogP contribution is 2.13. The lowest BCUT2D eigenvalue weighted by Gasteiger charge is -2.08. The summed E-state index contributed by atoms with van der Waals surface area (Å²) in [5.41, 5.74) is 0.963. The lowest BCUT2D eigenvalue weighted by Crippen LogP contribution is -2.15. The molecule has 0 spiro atoms. The Bertz CT molecular complexity index is 883. The van der Waals surface area contributed by atoms with E-state index in [2.05, 4.69) is 4.98 Å². The van der Waals surface area contributed by atoms with Crippen LogP contribution in [0, 0.1) is 17.0 Å². The maximum absolute atomic E-state index is 12.0. The molecule has 30 heavy (non-hydrogen) atoms. The highest BCUT2D eigenvalue weighted by molar-refractivity contribution is 7.86. The minimum absolute atomic E-state index is 0.0836. The van der Waals surface area contributed by atoms with Gasteiger partial charge in [-0.05, 0) is 24.0 Å². The van der Waals surface area contributed by atoms with Gasteiger partial charge in [0.25, 0.3) is 10.1 Å². The highest BCUT2D eigenvalue weighted by atomic mass is 32.2. The fraction of sp³-hybridized carbons (Fsp3) is 0.500. The third-order valence-electron chi connectivity index (χ3n) is 3.85. The number of aryl methyl sites for hydroxylation is 1. The van der Waals surface area contributed by atoms with Crippen molar-refractivity contribution < 1.29 is 31.7 Å². The maximum atomic E-state index is 12.0. The molecule has 0 saturated heterocycles. The van der Waals surface area contributed by atoms with Gasteiger partial charge in [0.1, 0.15) is 12.4 Å². The van der Waals surface area contributed by atoms with Crippen LogP contribution in [0.15, 0.2) is 41.6 Å². The molecule has 12 heteroatoms. The number of imidazole rings is 1. The molecule has 1 aromatic carbocycles. The lowest BCUT2D eigenvalue weighted by atomic mass is 10.2. The van der Waals surface area contributed by atoms with E-state index in [0.717, 1.165) is 5.56 Å². The van der Waals surface area contributed by atoms with Crippen molar-refractivity contribution in [2.24, 2.45) is 0 Å². The van der Waals surface area contributed by atoms with Crippen LogP contribution in [-0.2, 0) is 35.1 Å². The molecule has 11 nitrogen and oxygen atoms in total. The topological polar surface area (TPSA) is 132 Å². The van der Waals surface area contributed by atoms with Gasteiger partial charge in [-0.1, -0.05) is 22.7 Å². The molecule has 0 aliphatic rings. The molecule has 0 fully saturated rings. The number of benzene rings is 1. The number of ether oxygens (including phenoxy) is 3. The fourth-order valence-corrected chi connectivity index (χ4v) is 3.22. The Kier molecular flexibility index (Phi) is 9.83. The van der Waals surface area contributed by atoms with Crippen molar-refractivity contribution >= 4 is 16.1 Å². The SMILES string of the molecule is Cc1ccc(S(=O)(=O)OCCOCCOCCOCCn2ccnc2[N+](=O)[O-])cc1. The number of nitro groups is 1. The van der Waals surface area contributed by atoms with Gasteiger partial charge in [-0.15, -0.1) is 0 Å². The number of aromatic nitrogens is 2. The monoisotopic (exact) mass is 443 g/mol. The average molecular weight is 443 g/mol. The molecule has 0 bridgehead atoms. The van der Waals surface area contributed by atoms with Gasteiger partial charge in [0.15, 0.2) is 0 Å². The summed E-state index contributed by atoms with van der Waals surface area (Å²) in [4.78, 5) is 13.9. The molecular formula is C18H25N3O8S. The van der Waals surface area contributed by atoms with Crippen LogP contribution in [0.1, 0.15) is 5.56 Å². The molecule has 0 aliphatic carbocycles. The van der Waals surface area contributed by atoms with E-state index >= 15 is 0 Å². The van der Waals surface area contributed by atoms with Crippen LogP contribution in [0.5, 0.6) is 0 Å². The minimum Gasteiger partial charge on any atom is -0.390 e. The molecular weight excluding hydrogens is 418 g/mol. The summed E-state index contributed by atoms with van der Waals surface area (Å²) in [7, 11) is -3.78. The molecule has 2 rings (SSSR count). The molecule has 0 amide bonds. The molecule has 0 saturated carbocycles. The maximum Gasteiger partial charge on any atom is 0.434 e. The van der Waals surface area contributed by atoms with Crippen LogP contribution in [0.3, 0.4) is 0 Å². The Labute approximate surface area is 174 Å². The second-order valence-corrected chi connectivity index (χ2v) is 7.72. The summed E-state index contributed by atoms with van der Waals surface area (Å²) in [5, 5.41) is 10.7. The summed E-state index contributed by atoms with van der Waals surface area (Å²) in [6, 6.07) is 6.40. The van der Waals surface area contributed by atoms with E-state index in [1.807, 2.05) is 6.92 Å². The van der Waals surface area contributed by atoms with Crippen molar-refractivity contribution in [3.8, 4) is 0 Å². The molecule has 2 aromatic rings. The van der Waals surface area contributed by atoms with Crippen LogP contribution in [0.25, 0.3) is 0 Å². The van der Waals surface area contributed by atoms with Gasteiger partial charge in [-0.2, -0.15) is 8.42 Å². The van der Waals surface area contributed by atoms with Gasteiger partial charge < -0.3 is 24.3 Å². The van der Waals surface area contributed by atoms with Crippen LogP contribution >= 0.6 is 0 Å². The van der Waals surface area contributed by atoms with Gasteiger partial charge >= 0.3 is 5.95 Å². The van der Waals surface area contributed by atoms with Crippen LogP contribution < -0.4 is 0 Å². The zero-order chi connectivity index (χ0) is 21.8. The molecule has 0 radical (unpaired) electrons. The van der Waals surface area contributed by atoms with Gasteiger partial charge in [0.2, 0.25) is 0 Å². The van der Waals surface area contributed by atoms with E-state index in [4.69, 9.17) is 18.4 Å². The summed E-state index contributed by atoms with van der Waals surface area (Å²) in [6.45, 7) is 3.81. The normalized spacial score (nSPS) is 11.6. The molecule has 1 heterocycles. The number of hydrogen-bond acceptors (Lipinski definition) is 9. The standard InChI is InChI=1S/C18H25N3O8S/c1-16-2-4-17(5-3-16)30(24,25)29-15-14-28-13-12-27-11-10-26-9-8-20-7-6-19-18(20)21(22)23/h2-7H,8-15H2,1H3. The van der Waals surface area contributed by atoms with Gasteiger partial charge in [0, 0.05) is 0 Å². The molecule has 0 aliphatic heterocycles. The zero-order valence-electron chi connectivity index (χ0n) is 16.6. The second kappa shape index (κ2) is 12.3. The number of nitrogens with zero attached hydrogens (tertiary/aromatic N) is 3. The first-order valence-electron chi connectivity index (χ1n) is 9.25. The van der Waals surface area contributed by atoms with Crippen molar-refractivity contribution in [2.75, 3.05) is 46.2 Å². The smallest absolute Gasteiger partial charge is 0.390 e. The molecule has 0 atom stereocenters. The van der Waals surface area contributed by atoms with Crippen molar-refractivity contribution in [3.63, 3.8) is 0 Å². The van der Waals surface area contributed by atoms with Gasteiger partial charge in [-0.3, -0.25) is 4.18 Å². The van der Waals surface area contributed by atoms with E-state index in [9.17, 15) is 18.5 Å². The molecule has 0 N–H and O–H groups in total. The first kappa shape index (κ1) is 23.9. The van der Waals surface area contributed by atoms with Crippen LogP contribution in [-0.4, -0.2) is 69.1 Å². The van der Waals surface area contributed by atoms with Crippen molar-refractivity contribution in [1.82, 2.24) is 9.55 Å². The van der Waals surface area contributed by atoms with E-state index in [1.54, 1.807) is 12.1 Å². The Morgan fingerprint density at radius 1 is 0.967 bits per heavy atom. The second-order valence-electron chi connectivity index (χ2n) is 6.10. The largest absolute Gasteiger partial charge is 0.434 e. The molecule has 1 aromatic heterocycles. The third kappa shape index (κ3) is 8.16. The summed E-state index contributed by atoms with van der Waals surface area (Å²) in [5.74, 6) is -0.220. The van der Waals surface area contributed by atoms with E-state index in [0.29, 0.717) is 33.0 Å². The van der Waals surface area contributed by atoms with Gasteiger partial charge in [-0.25, -0.2) is 4.57 Å². The summed E-state index contributed by atoms with van der Waals surface area (Å²) < 4.78 is 46.2. The van der Waals surface area contributed by atoms with Crippen molar-refractivity contribution in [1.29, 1.82) is 0 Å². The van der Waals surface area contributed by atoms with E-state index in [-0.39, 0.29) is 30.7 Å². The predicted octanol–water partition coefficient (Wildman–Crippen LogP) is 1.56. The highest BCUT2D eigenvalue weighted by Gasteiger charge is 2.14. The molecule has 166 valence electrons. The fourth-order valence-electron chi connectivity index (χ4n) is 2.33. The van der Waals surface area contributed by atoms with Crippen molar-refractivity contribution in [2.45, 2.75) is 18.4 Å². The first-order valence-corrected chi connectivity index (χ1v) is 10.7. The Hall–Kier alpha value is -2.38. The third-order valence-corrected chi connectivity index (χ3v) is 5.18. The summed E-state index contributed by atoms with van der Waals surface area (Å²) in [6.07, 6.45) is 2.88. The average Bonchev–Trinajstić information content (AvgIpc) is 3.18. The quantitative estimate of drug-likeness (QED) is 0.174. The van der Waals surface area contributed by atoms with Crippen molar-refractivity contribution in [3.05, 3.63) is 52.3 Å². The first-order chi connectivity index (χ1) is 14.4. The Balaban J connectivity index is 1.44. The number of hydrogen-bond donors (Lipinski definition) is 0. The van der Waals surface area contributed by atoms with Crippen LogP contribution in [0.2, 0.25) is 0 Å². The van der Waals surface area contributed by atoms with Gasteiger partial charge in [0.05, 0.1) is 57.7 Å². The lowest BCUT2D eigenvalue weighted by molar-refractivity contribution is -0.396. The summed E-state index contributed by atoms with van der Waals surface area (Å²) >= 11 is 0. The van der Waals surface area contributed by atoms with E-state index < -0.39 is 15.0 Å². The van der Waals surface area contributed by atoms with Crippen LogP contribution in [0.4, 0.5) is 5.95 Å². The Morgan fingerprint density at radius 3 is 2.13 bits per heavy atom. The Morgan fingerprint density at radius 2 is 1.53 bits per heavy atom. The minimum atomic E-state index is -3.78. The zero-order valence-corrected chi connectivity index (χ0v) is 17.5. The predicted molar refractivity (Wildman–Crippen MR) is 106 cm³/mol.